The van der Waals surface area contributed by atoms with Crippen LogP contribution in [-0.4, -0.2) is 38.7 Å². The van der Waals surface area contributed by atoms with Gasteiger partial charge < -0.3 is 14.8 Å². The van der Waals surface area contributed by atoms with E-state index in [2.05, 4.69) is 5.32 Å². The van der Waals surface area contributed by atoms with Crippen molar-refractivity contribution in [2.24, 2.45) is 0 Å². The van der Waals surface area contributed by atoms with Gasteiger partial charge in [0.05, 0.1) is 19.8 Å². The van der Waals surface area contributed by atoms with Crippen molar-refractivity contribution in [1.82, 2.24) is 5.32 Å². The lowest BCUT2D eigenvalue weighted by Crippen LogP contribution is -2.39. The number of benzene rings is 1. The molecular formula is C15H21NO3. The van der Waals surface area contributed by atoms with Crippen molar-refractivity contribution in [2.75, 3.05) is 26.8 Å². The quantitative estimate of drug-likeness (QED) is 0.846. The van der Waals surface area contributed by atoms with Gasteiger partial charge in [-0.15, -0.1) is 0 Å². The Hall–Kier alpha value is -1.39. The van der Waals surface area contributed by atoms with Crippen LogP contribution in [0.4, 0.5) is 0 Å². The molecule has 0 radical (unpaired) electrons. The molecule has 104 valence electrons. The number of hydrogen-bond donors (Lipinski definition) is 1. The molecule has 19 heavy (non-hydrogen) atoms. The molecule has 0 aromatic heterocycles. The first-order valence-corrected chi connectivity index (χ1v) is 6.75. The summed E-state index contributed by atoms with van der Waals surface area (Å²) in [7, 11) is 1.65. The zero-order chi connectivity index (χ0) is 13.5. The van der Waals surface area contributed by atoms with Gasteiger partial charge >= 0.3 is 0 Å². The van der Waals surface area contributed by atoms with E-state index in [4.69, 9.17) is 9.47 Å². The summed E-state index contributed by atoms with van der Waals surface area (Å²) in [5.74, 6) is 1.11. The third-order valence-corrected chi connectivity index (χ3v) is 3.31. The van der Waals surface area contributed by atoms with Crippen LogP contribution in [0.25, 0.3) is 0 Å². The molecule has 0 spiro atoms. The van der Waals surface area contributed by atoms with E-state index in [1.165, 1.54) is 0 Å². The summed E-state index contributed by atoms with van der Waals surface area (Å²) in [5.41, 5.74) is 1.16. The lowest BCUT2D eigenvalue weighted by molar-refractivity contribution is -0.122. The molecule has 1 saturated heterocycles. The number of methoxy groups -OCH3 is 1. The SMILES string of the molecule is COc1ccc(CCC(=O)CC2CNCCO2)cc1. The first-order chi connectivity index (χ1) is 9.28. The van der Waals surface area contributed by atoms with Crippen LogP contribution in [0.2, 0.25) is 0 Å². The summed E-state index contributed by atoms with van der Waals surface area (Å²) < 4.78 is 10.6. The third-order valence-electron chi connectivity index (χ3n) is 3.31. The summed E-state index contributed by atoms with van der Waals surface area (Å²) in [6.45, 7) is 2.38. The summed E-state index contributed by atoms with van der Waals surface area (Å²) >= 11 is 0. The summed E-state index contributed by atoms with van der Waals surface area (Å²) in [6.07, 6.45) is 1.93. The van der Waals surface area contributed by atoms with Crippen LogP contribution in [0, 0.1) is 0 Å². The molecule has 0 saturated carbocycles. The Kier molecular flexibility index (Phi) is 5.36. The standard InChI is InChI=1S/C15H21NO3/c1-18-14-6-3-12(4-7-14)2-5-13(17)10-15-11-16-8-9-19-15/h3-4,6-7,15-16H,2,5,8-11H2,1H3. The smallest absolute Gasteiger partial charge is 0.135 e. The number of carbonyl (C=O) groups excluding carboxylic acids is 1. The van der Waals surface area contributed by atoms with E-state index in [-0.39, 0.29) is 11.9 Å². The van der Waals surface area contributed by atoms with E-state index in [1.54, 1.807) is 7.11 Å². The molecule has 1 heterocycles. The lowest BCUT2D eigenvalue weighted by Gasteiger charge is -2.22. The fourth-order valence-corrected chi connectivity index (χ4v) is 2.18. The highest BCUT2D eigenvalue weighted by Gasteiger charge is 2.16. The van der Waals surface area contributed by atoms with Gasteiger partial charge in [0.1, 0.15) is 11.5 Å². The highest BCUT2D eigenvalue weighted by Crippen LogP contribution is 2.13. The highest BCUT2D eigenvalue weighted by molar-refractivity contribution is 5.79. The monoisotopic (exact) mass is 263 g/mol. The number of ether oxygens (including phenoxy) is 2. The first-order valence-electron chi connectivity index (χ1n) is 6.75. The summed E-state index contributed by atoms with van der Waals surface area (Å²) in [6, 6.07) is 7.86. The van der Waals surface area contributed by atoms with Crippen LogP contribution in [0.3, 0.4) is 0 Å². The maximum Gasteiger partial charge on any atom is 0.135 e. The van der Waals surface area contributed by atoms with Crippen molar-refractivity contribution in [3.63, 3.8) is 0 Å². The Labute approximate surface area is 114 Å². The van der Waals surface area contributed by atoms with Gasteiger partial charge in [0.2, 0.25) is 0 Å². The Morgan fingerprint density at radius 2 is 2.21 bits per heavy atom. The minimum absolute atomic E-state index is 0.0529. The van der Waals surface area contributed by atoms with E-state index in [0.29, 0.717) is 19.4 Å². The Bertz CT molecular complexity index is 396. The van der Waals surface area contributed by atoms with Gasteiger partial charge in [-0.3, -0.25) is 4.79 Å². The molecule has 1 aliphatic heterocycles. The van der Waals surface area contributed by atoms with E-state index in [9.17, 15) is 4.79 Å². The first kappa shape index (κ1) is 14.0. The van der Waals surface area contributed by atoms with Gasteiger partial charge in [0.15, 0.2) is 0 Å². The molecular weight excluding hydrogens is 242 g/mol. The lowest BCUT2D eigenvalue weighted by atomic mass is 10.0. The maximum atomic E-state index is 11.9. The van der Waals surface area contributed by atoms with E-state index < -0.39 is 0 Å². The fraction of sp³-hybridized carbons (Fsp3) is 0.533. The molecule has 1 aromatic carbocycles. The Morgan fingerprint density at radius 1 is 1.42 bits per heavy atom. The van der Waals surface area contributed by atoms with Crippen molar-refractivity contribution in [1.29, 1.82) is 0 Å². The fourth-order valence-electron chi connectivity index (χ4n) is 2.18. The molecule has 2 rings (SSSR count). The molecule has 1 unspecified atom stereocenters. The second-order valence-electron chi connectivity index (χ2n) is 4.79. The maximum absolute atomic E-state index is 11.9. The number of rotatable bonds is 6. The van der Waals surface area contributed by atoms with Gasteiger partial charge in [-0.25, -0.2) is 0 Å². The minimum Gasteiger partial charge on any atom is -0.497 e. The van der Waals surface area contributed by atoms with Gasteiger partial charge in [-0.2, -0.15) is 0 Å². The zero-order valence-corrected chi connectivity index (χ0v) is 11.4. The molecule has 0 amide bonds. The minimum atomic E-state index is 0.0529. The van der Waals surface area contributed by atoms with Crippen molar-refractivity contribution in [2.45, 2.75) is 25.4 Å². The second-order valence-corrected chi connectivity index (χ2v) is 4.79. The normalized spacial score (nSPS) is 19.1. The van der Waals surface area contributed by atoms with Crippen LogP contribution in [0.15, 0.2) is 24.3 Å². The summed E-state index contributed by atoms with van der Waals surface area (Å²) in [5, 5.41) is 3.24. The number of hydrogen-bond acceptors (Lipinski definition) is 4. The number of aryl methyl sites for hydroxylation is 1. The Morgan fingerprint density at radius 3 is 2.84 bits per heavy atom. The van der Waals surface area contributed by atoms with Crippen molar-refractivity contribution < 1.29 is 14.3 Å². The molecule has 1 N–H and O–H groups in total. The molecule has 1 fully saturated rings. The third kappa shape index (κ3) is 4.65. The topological polar surface area (TPSA) is 47.6 Å². The Balaban J connectivity index is 1.72. The number of ketones is 1. The van der Waals surface area contributed by atoms with E-state index in [1.807, 2.05) is 24.3 Å². The predicted molar refractivity (Wildman–Crippen MR) is 73.5 cm³/mol. The van der Waals surface area contributed by atoms with Gasteiger partial charge in [-0.1, -0.05) is 12.1 Å². The molecule has 4 nitrogen and oxygen atoms in total. The van der Waals surface area contributed by atoms with Crippen LogP contribution in [0.5, 0.6) is 5.75 Å². The number of morpholine rings is 1. The van der Waals surface area contributed by atoms with Crippen LogP contribution < -0.4 is 10.1 Å². The van der Waals surface area contributed by atoms with Crippen molar-refractivity contribution >= 4 is 5.78 Å². The average molecular weight is 263 g/mol. The van der Waals surface area contributed by atoms with E-state index >= 15 is 0 Å². The molecule has 1 atom stereocenters. The van der Waals surface area contributed by atoms with E-state index in [0.717, 1.165) is 30.8 Å². The number of carbonyl (C=O) groups is 1. The molecule has 4 heteroatoms. The highest BCUT2D eigenvalue weighted by atomic mass is 16.5. The summed E-state index contributed by atoms with van der Waals surface area (Å²) in [4.78, 5) is 11.9. The average Bonchev–Trinajstić information content (AvgIpc) is 2.47. The zero-order valence-electron chi connectivity index (χ0n) is 11.4. The van der Waals surface area contributed by atoms with Crippen LogP contribution in [-0.2, 0) is 16.0 Å². The number of Topliss-reactive ketones (excluding diaryl/α,β-unsaturated/α-hetero) is 1. The molecule has 1 aromatic rings. The van der Waals surface area contributed by atoms with Crippen molar-refractivity contribution in [3.8, 4) is 5.75 Å². The van der Waals surface area contributed by atoms with Crippen molar-refractivity contribution in [3.05, 3.63) is 29.8 Å². The largest absolute Gasteiger partial charge is 0.497 e. The molecule has 1 aliphatic rings. The van der Waals surface area contributed by atoms with Gasteiger partial charge in [0.25, 0.3) is 0 Å². The van der Waals surface area contributed by atoms with Gasteiger partial charge in [0, 0.05) is 25.9 Å². The predicted octanol–water partition coefficient (Wildman–Crippen LogP) is 1.58. The van der Waals surface area contributed by atoms with Gasteiger partial charge in [-0.05, 0) is 24.1 Å². The number of nitrogens with one attached hydrogen (secondary N) is 1. The van der Waals surface area contributed by atoms with Crippen LogP contribution in [0.1, 0.15) is 18.4 Å². The molecule has 0 aliphatic carbocycles. The van der Waals surface area contributed by atoms with Crippen LogP contribution >= 0.6 is 0 Å². The second kappa shape index (κ2) is 7.26. The molecule has 0 bridgehead atoms.